The Bertz CT molecular complexity index is 859. The van der Waals surface area contributed by atoms with Gasteiger partial charge in [0.25, 0.3) is 0 Å². The van der Waals surface area contributed by atoms with Gasteiger partial charge in [0.15, 0.2) is 4.91 Å². The van der Waals surface area contributed by atoms with E-state index in [0.717, 1.165) is 9.13 Å². The Kier molecular flexibility index (Phi) is 6.00. The summed E-state index contributed by atoms with van der Waals surface area (Å²) < 4.78 is 26.1. The molecule has 0 amide bonds. The first-order chi connectivity index (χ1) is 11.3. The van der Waals surface area contributed by atoms with E-state index in [1.165, 1.54) is 12.1 Å². The van der Waals surface area contributed by atoms with Gasteiger partial charge in [-0.15, -0.1) is 0 Å². The van der Waals surface area contributed by atoms with Crippen LogP contribution in [0.1, 0.15) is 12.0 Å². The highest BCUT2D eigenvalue weighted by Crippen LogP contribution is 2.23. The molecule has 0 saturated carbocycles. The zero-order chi connectivity index (χ0) is 17.7. The molecule has 24 heavy (non-hydrogen) atoms. The lowest BCUT2D eigenvalue weighted by molar-refractivity contribution is -0.131. The summed E-state index contributed by atoms with van der Waals surface area (Å²) in [6, 6.07) is 15.3. The average Bonchev–Trinajstić information content (AvgIpc) is 2.54. The minimum atomic E-state index is -4.17. The van der Waals surface area contributed by atoms with Crippen LogP contribution >= 0.6 is 22.6 Å². The molecule has 3 N–H and O–H groups in total. The molecule has 0 atom stereocenters. The fourth-order valence-corrected chi connectivity index (χ4v) is 3.96. The SMILES string of the molecule is NC(CCc1ccccc1)=C(C(=O)O)S(=O)(=O)c1ccc(I)cc1. The van der Waals surface area contributed by atoms with E-state index in [1.807, 2.05) is 52.9 Å². The van der Waals surface area contributed by atoms with Gasteiger partial charge in [-0.25, -0.2) is 13.2 Å². The first kappa shape index (κ1) is 18.5. The Balaban J connectivity index is 2.36. The van der Waals surface area contributed by atoms with Crippen molar-refractivity contribution in [1.82, 2.24) is 0 Å². The van der Waals surface area contributed by atoms with Crippen LogP contribution in [0, 0.1) is 3.57 Å². The number of carboxylic acid groups (broad SMARTS) is 1. The summed E-state index contributed by atoms with van der Waals surface area (Å²) in [7, 11) is -4.17. The molecule has 7 heteroatoms. The number of allylic oxidation sites excluding steroid dienone is 1. The van der Waals surface area contributed by atoms with Crippen LogP contribution in [0.15, 0.2) is 70.1 Å². The van der Waals surface area contributed by atoms with Gasteiger partial charge in [0.2, 0.25) is 9.84 Å². The summed E-state index contributed by atoms with van der Waals surface area (Å²) in [5.74, 6) is -1.54. The quantitative estimate of drug-likeness (QED) is 0.514. The number of halogens is 1. The highest BCUT2D eigenvalue weighted by molar-refractivity contribution is 14.1. The summed E-state index contributed by atoms with van der Waals surface area (Å²) in [6.45, 7) is 0. The Morgan fingerprint density at radius 3 is 2.17 bits per heavy atom. The number of benzene rings is 2. The predicted molar refractivity (Wildman–Crippen MR) is 100.0 cm³/mol. The van der Waals surface area contributed by atoms with Gasteiger partial charge >= 0.3 is 5.97 Å². The number of rotatable bonds is 6. The molecule has 0 saturated heterocycles. The van der Waals surface area contributed by atoms with Gasteiger partial charge in [-0.2, -0.15) is 0 Å². The second kappa shape index (κ2) is 7.80. The van der Waals surface area contributed by atoms with Gasteiger partial charge in [0, 0.05) is 9.27 Å². The third kappa shape index (κ3) is 4.35. The summed E-state index contributed by atoms with van der Waals surface area (Å²) in [5.41, 5.74) is 6.65. The molecule has 0 unspecified atom stereocenters. The molecule has 0 heterocycles. The van der Waals surface area contributed by atoms with Gasteiger partial charge in [0.1, 0.15) is 0 Å². The van der Waals surface area contributed by atoms with Crippen LogP contribution in [0.3, 0.4) is 0 Å². The van der Waals surface area contributed by atoms with E-state index in [-0.39, 0.29) is 17.0 Å². The molecule has 2 rings (SSSR count). The van der Waals surface area contributed by atoms with E-state index in [1.54, 1.807) is 12.1 Å². The molecule has 0 radical (unpaired) electrons. The average molecular weight is 457 g/mol. The zero-order valence-corrected chi connectivity index (χ0v) is 15.6. The van der Waals surface area contributed by atoms with Crippen LogP contribution in [0.2, 0.25) is 0 Å². The van der Waals surface area contributed by atoms with Crippen LogP contribution in [-0.2, 0) is 21.1 Å². The lowest BCUT2D eigenvalue weighted by atomic mass is 10.1. The summed E-state index contributed by atoms with van der Waals surface area (Å²) in [5, 5.41) is 9.37. The van der Waals surface area contributed by atoms with Crippen molar-refractivity contribution in [3.63, 3.8) is 0 Å². The molecule has 0 bridgehead atoms. The Hall–Kier alpha value is -1.87. The summed E-state index contributed by atoms with van der Waals surface area (Å²) in [4.78, 5) is 10.7. The topological polar surface area (TPSA) is 97.5 Å². The number of sulfone groups is 1. The van der Waals surface area contributed by atoms with Crippen LogP contribution in [-0.4, -0.2) is 19.5 Å². The van der Waals surface area contributed by atoms with Crippen molar-refractivity contribution in [3.8, 4) is 0 Å². The van der Waals surface area contributed by atoms with E-state index >= 15 is 0 Å². The minimum Gasteiger partial charge on any atom is -0.477 e. The van der Waals surface area contributed by atoms with Gasteiger partial charge in [-0.3, -0.25) is 0 Å². The van der Waals surface area contributed by atoms with Crippen molar-refractivity contribution in [1.29, 1.82) is 0 Å². The molecule has 0 aliphatic heterocycles. The third-order valence-electron chi connectivity index (χ3n) is 3.40. The van der Waals surface area contributed by atoms with Crippen molar-refractivity contribution in [2.45, 2.75) is 17.7 Å². The van der Waals surface area contributed by atoms with Gasteiger partial charge in [-0.1, -0.05) is 30.3 Å². The maximum absolute atomic E-state index is 12.6. The number of nitrogens with two attached hydrogens (primary N) is 1. The lowest BCUT2D eigenvalue weighted by Crippen LogP contribution is -2.20. The monoisotopic (exact) mass is 457 g/mol. The minimum absolute atomic E-state index is 0.0806. The highest BCUT2D eigenvalue weighted by atomic mass is 127. The molecule has 0 aliphatic rings. The van der Waals surface area contributed by atoms with Crippen LogP contribution in [0.25, 0.3) is 0 Å². The molecule has 2 aromatic rings. The molecular formula is C17H16INO4S. The third-order valence-corrected chi connectivity index (χ3v) is 5.99. The number of hydrogen-bond acceptors (Lipinski definition) is 4. The first-order valence-corrected chi connectivity index (χ1v) is 9.65. The molecule has 5 nitrogen and oxygen atoms in total. The zero-order valence-electron chi connectivity index (χ0n) is 12.6. The fourth-order valence-electron chi connectivity index (χ4n) is 2.19. The second-order valence-electron chi connectivity index (χ2n) is 5.10. The first-order valence-electron chi connectivity index (χ1n) is 7.09. The number of carbonyl (C=O) groups is 1. The largest absolute Gasteiger partial charge is 0.477 e. The van der Waals surface area contributed by atoms with E-state index in [2.05, 4.69) is 0 Å². The summed E-state index contributed by atoms with van der Waals surface area (Å²) >= 11 is 2.04. The lowest BCUT2D eigenvalue weighted by Gasteiger charge is -2.10. The maximum Gasteiger partial charge on any atom is 0.349 e. The molecule has 0 fully saturated rings. The van der Waals surface area contributed by atoms with Gasteiger partial charge in [-0.05, 0) is 65.3 Å². The number of aliphatic carboxylic acids is 1. The fraction of sp³-hybridized carbons (Fsp3) is 0.118. The van der Waals surface area contributed by atoms with Gasteiger partial charge < -0.3 is 10.8 Å². The Morgan fingerprint density at radius 1 is 1.04 bits per heavy atom. The summed E-state index contributed by atoms with van der Waals surface area (Å²) in [6.07, 6.45) is 0.612. The van der Waals surface area contributed by atoms with Crippen molar-refractivity contribution in [2.24, 2.45) is 5.73 Å². The smallest absolute Gasteiger partial charge is 0.349 e. The normalized spacial score (nSPS) is 12.5. The number of aryl methyl sites for hydroxylation is 1. The molecule has 0 spiro atoms. The second-order valence-corrected chi connectivity index (χ2v) is 8.23. The Morgan fingerprint density at radius 2 is 1.62 bits per heavy atom. The predicted octanol–water partition coefficient (Wildman–Crippen LogP) is 2.95. The van der Waals surface area contributed by atoms with Crippen molar-refractivity contribution < 1.29 is 18.3 Å². The van der Waals surface area contributed by atoms with E-state index in [9.17, 15) is 18.3 Å². The van der Waals surface area contributed by atoms with Crippen molar-refractivity contribution in [2.75, 3.05) is 0 Å². The molecule has 2 aromatic carbocycles. The van der Waals surface area contributed by atoms with E-state index < -0.39 is 20.7 Å². The van der Waals surface area contributed by atoms with Crippen molar-refractivity contribution in [3.05, 3.63) is 74.3 Å². The highest BCUT2D eigenvalue weighted by Gasteiger charge is 2.29. The standard InChI is InChI=1S/C17H16INO4S/c18-13-7-9-14(10-8-13)24(22,23)16(17(20)21)15(19)11-6-12-4-2-1-3-5-12/h1-5,7-10H,6,11,19H2,(H,20,21). The Labute approximate surface area is 154 Å². The van der Waals surface area contributed by atoms with Crippen LogP contribution < -0.4 is 5.73 Å². The number of carboxylic acids is 1. The van der Waals surface area contributed by atoms with Gasteiger partial charge in [0.05, 0.1) is 4.90 Å². The van der Waals surface area contributed by atoms with E-state index in [4.69, 9.17) is 5.73 Å². The van der Waals surface area contributed by atoms with E-state index in [0.29, 0.717) is 6.42 Å². The van der Waals surface area contributed by atoms with Crippen molar-refractivity contribution >= 4 is 38.4 Å². The van der Waals surface area contributed by atoms with Crippen LogP contribution in [0.4, 0.5) is 0 Å². The molecule has 0 aromatic heterocycles. The number of hydrogen-bond donors (Lipinski definition) is 2. The molecule has 0 aliphatic carbocycles. The maximum atomic E-state index is 12.6. The molecule has 126 valence electrons. The van der Waals surface area contributed by atoms with Crippen LogP contribution in [0.5, 0.6) is 0 Å². The molecular weight excluding hydrogens is 441 g/mol.